The maximum Gasteiger partial charge on any atom is 0.242 e. The molecule has 0 heterocycles. The molecule has 6 nitrogen and oxygen atoms in total. The monoisotopic (exact) mass is 426 g/mol. The van der Waals surface area contributed by atoms with Gasteiger partial charge in [0.05, 0.1) is 20.6 Å². The second kappa shape index (κ2) is 12.6. The summed E-state index contributed by atoms with van der Waals surface area (Å²) in [5.74, 6) is 1.31. The average Bonchev–Trinajstić information content (AvgIpc) is 2.80. The van der Waals surface area contributed by atoms with Gasteiger partial charge in [-0.05, 0) is 48.2 Å². The molecule has 31 heavy (non-hydrogen) atoms. The van der Waals surface area contributed by atoms with Crippen LogP contribution in [0.4, 0.5) is 0 Å². The Labute approximate surface area is 185 Å². The van der Waals surface area contributed by atoms with Crippen molar-refractivity contribution in [2.45, 2.75) is 52.1 Å². The van der Waals surface area contributed by atoms with Crippen LogP contribution in [0.3, 0.4) is 0 Å². The molecule has 0 aromatic heterocycles. The fourth-order valence-corrected chi connectivity index (χ4v) is 3.37. The molecule has 1 atom stereocenters. The highest BCUT2D eigenvalue weighted by Crippen LogP contribution is 2.18. The van der Waals surface area contributed by atoms with Crippen molar-refractivity contribution in [1.29, 1.82) is 0 Å². The van der Waals surface area contributed by atoms with Gasteiger partial charge in [-0.2, -0.15) is 0 Å². The Balaban J connectivity index is 2.22. The van der Waals surface area contributed by atoms with E-state index < -0.39 is 6.04 Å². The Morgan fingerprint density at radius 3 is 1.94 bits per heavy atom. The van der Waals surface area contributed by atoms with Crippen LogP contribution in [0.1, 0.15) is 44.2 Å². The molecule has 2 amide bonds. The number of rotatable bonds is 12. The highest BCUT2D eigenvalue weighted by molar-refractivity contribution is 5.88. The maximum absolute atomic E-state index is 13.3. The summed E-state index contributed by atoms with van der Waals surface area (Å²) < 4.78 is 10.4. The summed E-state index contributed by atoms with van der Waals surface area (Å²) in [5, 5.41) is 2.98. The van der Waals surface area contributed by atoms with E-state index in [1.54, 1.807) is 19.1 Å². The zero-order chi connectivity index (χ0) is 22.6. The van der Waals surface area contributed by atoms with Crippen molar-refractivity contribution >= 4 is 11.8 Å². The normalized spacial score (nSPS) is 11.5. The summed E-state index contributed by atoms with van der Waals surface area (Å²) >= 11 is 0. The third-order valence-electron chi connectivity index (χ3n) is 5.24. The molecule has 6 heteroatoms. The van der Waals surface area contributed by atoms with Gasteiger partial charge >= 0.3 is 0 Å². The van der Waals surface area contributed by atoms with Gasteiger partial charge in [0.25, 0.3) is 0 Å². The van der Waals surface area contributed by atoms with E-state index in [9.17, 15) is 9.59 Å². The van der Waals surface area contributed by atoms with E-state index in [1.165, 1.54) is 0 Å². The molecule has 0 spiro atoms. The lowest BCUT2D eigenvalue weighted by molar-refractivity contribution is -0.140. The fourth-order valence-electron chi connectivity index (χ4n) is 3.37. The molecule has 0 fully saturated rings. The van der Waals surface area contributed by atoms with Gasteiger partial charge in [-0.25, -0.2) is 0 Å². The molecular formula is C25H34N2O4. The number of amides is 2. The smallest absolute Gasteiger partial charge is 0.242 e. The van der Waals surface area contributed by atoms with Crippen molar-refractivity contribution in [2.24, 2.45) is 0 Å². The summed E-state index contributed by atoms with van der Waals surface area (Å²) in [6, 6.07) is 14.5. The number of carbonyl (C=O) groups excluding carboxylic acids is 2. The van der Waals surface area contributed by atoms with Gasteiger partial charge in [0.15, 0.2) is 0 Å². The van der Waals surface area contributed by atoms with Crippen LogP contribution in [0.15, 0.2) is 48.5 Å². The van der Waals surface area contributed by atoms with Crippen LogP contribution >= 0.6 is 0 Å². The number of nitrogens with zero attached hydrogens (tertiary/aromatic N) is 1. The fraction of sp³-hybridized carbons (Fsp3) is 0.440. The van der Waals surface area contributed by atoms with Crippen molar-refractivity contribution in [3.63, 3.8) is 0 Å². The standard InChI is InChI=1S/C25H34N2O4/c1-5-7-16-26-25(29)23(6-2)27(18-20-10-14-22(31-4)15-11-20)24(28)17-19-8-12-21(30-3)13-9-19/h8-15,23H,5-7,16-18H2,1-4H3,(H,26,29)/t23-/m1/s1. The summed E-state index contributed by atoms with van der Waals surface area (Å²) in [5.41, 5.74) is 1.83. The van der Waals surface area contributed by atoms with E-state index in [4.69, 9.17) is 9.47 Å². The number of hydrogen-bond acceptors (Lipinski definition) is 4. The van der Waals surface area contributed by atoms with Crippen LogP contribution in [0, 0.1) is 0 Å². The Morgan fingerprint density at radius 1 is 0.903 bits per heavy atom. The zero-order valence-corrected chi connectivity index (χ0v) is 19.0. The van der Waals surface area contributed by atoms with E-state index in [-0.39, 0.29) is 18.2 Å². The number of methoxy groups -OCH3 is 2. The second-order valence-corrected chi connectivity index (χ2v) is 7.46. The van der Waals surface area contributed by atoms with Crippen LogP contribution in [-0.2, 0) is 22.6 Å². The first-order valence-electron chi connectivity index (χ1n) is 10.8. The van der Waals surface area contributed by atoms with E-state index in [2.05, 4.69) is 12.2 Å². The van der Waals surface area contributed by atoms with E-state index in [0.717, 1.165) is 35.5 Å². The van der Waals surface area contributed by atoms with Gasteiger partial charge in [-0.1, -0.05) is 44.5 Å². The minimum atomic E-state index is -0.523. The summed E-state index contributed by atoms with van der Waals surface area (Å²) in [4.78, 5) is 27.9. The van der Waals surface area contributed by atoms with Crippen molar-refractivity contribution in [3.8, 4) is 11.5 Å². The molecule has 2 aromatic carbocycles. The Kier molecular flexibility index (Phi) is 9.88. The van der Waals surface area contributed by atoms with Gasteiger partial charge < -0.3 is 19.7 Å². The first kappa shape index (κ1) is 24.3. The molecule has 0 aliphatic heterocycles. The van der Waals surface area contributed by atoms with Crippen molar-refractivity contribution in [2.75, 3.05) is 20.8 Å². The Bertz CT molecular complexity index is 818. The van der Waals surface area contributed by atoms with Crippen molar-refractivity contribution < 1.29 is 19.1 Å². The Morgan fingerprint density at radius 2 is 1.45 bits per heavy atom. The number of ether oxygens (including phenoxy) is 2. The maximum atomic E-state index is 13.3. The lowest BCUT2D eigenvalue weighted by atomic mass is 10.1. The lowest BCUT2D eigenvalue weighted by Crippen LogP contribution is -2.49. The molecule has 0 aliphatic carbocycles. The van der Waals surface area contributed by atoms with Crippen LogP contribution < -0.4 is 14.8 Å². The number of carbonyl (C=O) groups is 2. The third kappa shape index (κ3) is 7.31. The minimum absolute atomic E-state index is 0.0847. The van der Waals surface area contributed by atoms with Crippen LogP contribution in [0.25, 0.3) is 0 Å². The van der Waals surface area contributed by atoms with Gasteiger partial charge in [0.2, 0.25) is 11.8 Å². The molecule has 2 rings (SSSR count). The number of hydrogen-bond donors (Lipinski definition) is 1. The van der Waals surface area contributed by atoms with Gasteiger partial charge in [-0.3, -0.25) is 9.59 Å². The number of benzene rings is 2. The average molecular weight is 427 g/mol. The van der Waals surface area contributed by atoms with Crippen LogP contribution in [0.5, 0.6) is 11.5 Å². The quantitative estimate of drug-likeness (QED) is 0.522. The summed E-state index contributed by atoms with van der Waals surface area (Å²) in [6.07, 6.45) is 2.69. The van der Waals surface area contributed by atoms with Crippen molar-refractivity contribution in [1.82, 2.24) is 10.2 Å². The molecule has 0 bridgehead atoms. The molecule has 0 radical (unpaired) electrons. The Hall–Kier alpha value is -3.02. The number of unbranched alkanes of at least 4 members (excludes halogenated alkanes) is 1. The predicted octanol–water partition coefficient (Wildman–Crippen LogP) is 3.97. The minimum Gasteiger partial charge on any atom is -0.497 e. The summed E-state index contributed by atoms with van der Waals surface area (Å²) in [6.45, 7) is 5.00. The molecule has 0 unspecified atom stereocenters. The number of nitrogens with one attached hydrogen (secondary N) is 1. The first-order chi connectivity index (χ1) is 15.0. The van der Waals surface area contributed by atoms with Crippen molar-refractivity contribution in [3.05, 3.63) is 59.7 Å². The predicted molar refractivity (Wildman–Crippen MR) is 122 cm³/mol. The topological polar surface area (TPSA) is 67.9 Å². The molecule has 0 saturated heterocycles. The zero-order valence-electron chi connectivity index (χ0n) is 19.0. The third-order valence-corrected chi connectivity index (χ3v) is 5.24. The van der Waals surface area contributed by atoms with Gasteiger partial charge in [-0.15, -0.1) is 0 Å². The highest BCUT2D eigenvalue weighted by atomic mass is 16.5. The molecule has 2 aromatic rings. The molecule has 1 N–H and O–H groups in total. The van der Waals surface area contributed by atoms with Gasteiger partial charge in [0.1, 0.15) is 17.5 Å². The SMILES string of the molecule is CCCCNC(=O)[C@@H](CC)N(Cc1ccc(OC)cc1)C(=O)Cc1ccc(OC)cc1. The van der Waals surface area contributed by atoms with Crippen LogP contribution in [0.2, 0.25) is 0 Å². The largest absolute Gasteiger partial charge is 0.497 e. The molecule has 0 saturated carbocycles. The molecular weight excluding hydrogens is 392 g/mol. The van der Waals surface area contributed by atoms with Gasteiger partial charge in [0, 0.05) is 13.1 Å². The molecule has 168 valence electrons. The second-order valence-electron chi connectivity index (χ2n) is 7.46. The van der Waals surface area contributed by atoms with E-state index in [0.29, 0.717) is 19.5 Å². The lowest BCUT2D eigenvalue weighted by Gasteiger charge is -2.31. The van der Waals surface area contributed by atoms with E-state index in [1.807, 2.05) is 55.5 Å². The molecule has 0 aliphatic rings. The van der Waals surface area contributed by atoms with E-state index >= 15 is 0 Å². The summed E-state index contributed by atoms with van der Waals surface area (Å²) in [7, 11) is 3.23. The van der Waals surface area contributed by atoms with Crippen LogP contribution in [-0.4, -0.2) is 43.5 Å². The first-order valence-corrected chi connectivity index (χ1v) is 10.8. The highest BCUT2D eigenvalue weighted by Gasteiger charge is 2.28.